The van der Waals surface area contributed by atoms with Gasteiger partial charge in [0, 0.05) is 30.1 Å². The van der Waals surface area contributed by atoms with E-state index < -0.39 is 17.6 Å². The lowest BCUT2D eigenvalue weighted by atomic mass is 10.2. The zero-order valence-corrected chi connectivity index (χ0v) is 16.7. The number of carbonyl (C=O) groups excluding carboxylic acids is 1. The molecule has 1 N–H and O–H groups in total. The summed E-state index contributed by atoms with van der Waals surface area (Å²) in [4.78, 5) is 12.3. The molecule has 154 valence electrons. The van der Waals surface area contributed by atoms with E-state index in [9.17, 15) is 18.0 Å². The molecule has 0 saturated heterocycles. The molecule has 2 heterocycles. The molecule has 29 heavy (non-hydrogen) atoms. The van der Waals surface area contributed by atoms with Gasteiger partial charge in [-0.25, -0.2) is 0 Å². The van der Waals surface area contributed by atoms with Crippen molar-refractivity contribution in [1.82, 2.24) is 14.6 Å². The van der Waals surface area contributed by atoms with E-state index in [-0.39, 0.29) is 21.6 Å². The zero-order chi connectivity index (χ0) is 21.2. The molecule has 3 rings (SSSR count). The number of alkyl halides is 3. The Kier molecular flexibility index (Phi) is 6.08. The topological polar surface area (TPSA) is 77.8 Å². The maximum atomic E-state index is 13.0. The molecule has 1 amide bonds. The SMILES string of the molecule is COc1cc(NC(=O)CSc2nnc3c(Cl)cc(C(F)(F)F)cn23)cc(OC)c1. The number of hydrogen-bond acceptors (Lipinski definition) is 6. The number of nitrogens with one attached hydrogen (secondary N) is 1. The second kappa shape index (κ2) is 8.37. The van der Waals surface area contributed by atoms with Gasteiger partial charge in [-0.1, -0.05) is 23.4 Å². The summed E-state index contributed by atoms with van der Waals surface area (Å²) in [5, 5.41) is 10.2. The summed E-state index contributed by atoms with van der Waals surface area (Å²) in [5.41, 5.74) is -0.426. The Hall–Kier alpha value is -2.66. The Morgan fingerprint density at radius 2 is 1.83 bits per heavy atom. The number of anilines is 1. The van der Waals surface area contributed by atoms with Crippen LogP contribution in [0, 0.1) is 0 Å². The first-order chi connectivity index (χ1) is 13.7. The molecule has 0 saturated carbocycles. The number of amides is 1. The number of rotatable bonds is 6. The predicted molar refractivity (Wildman–Crippen MR) is 102 cm³/mol. The largest absolute Gasteiger partial charge is 0.497 e. The fourth-order valence-corrected chi connectivity index (χ4v) is 3.35. The first kappa shape index (κ1) is 21.1. The van der Waals surface area contributed by atoms with E-state index in [1.807, 2.05) is 0 Å². The van der Waals surface area contributed by atoms with Gasteiger partial charge in [0.2, 0.25) is 5.91 Å². The first-order valence-electron chi connectivity index (χ1n) is 7.98. The third-order valence-corrected chi connectivity index (χ3v) is 4.94. The van der Waals surface area contributed by atoms with Crippen LogP contribution in [0.1, 0.15) is 5.56 Å². The number of methoxy groups -OCH3 is 2. The highest BCUT2D eigenvalue weighted by atomic mass is 35.5. The van der Waals surface area contributed by atoms with Crippen LogP contribution >= 0.6 is 23.4 Å². The minimum Gasteiger partial charge on any atom is -0.497 e. The van der Waals surface area contributed by atoms with Gasteiger partial charge in [-0.2, -0.15) is 13.2 Å². The molecular formula is C17H14ClF3N4O3S. The normalized spacial score (nSPS) is 11.5. The molecule has 0 aliphatic carbocycles. The van der Waals surface area contributed by atoms with Crippen molar-refractivity contribution in [3.8, 4) is 11.5 Å². The third-order valence-electron chi connectivity index (χ3n) is 3.72. The maximum absolute atomic E-state index is 13.0. The van der Waals surface area contributed by atoms with E-state index in [4.69, 9.17) is 21.1 Å². The number of carbonyl (C=O) groups is 1. The second-order valence-electron chi connectivity index (χ2n) is 5.69. The number of fused-ring (bicyclic) bond motifs is 1. The van der Waals surface area contributed by atoms with Crippen LogP contribution in [0.4, 0.5) is 18.9 Å². The van der Waals surface area contributed by atoms with Gasteiger partial charge in [-0.15, -0.1) is 10.2 Å². The van der Waals surface area contributed by atoms with Crippen LogP contribution in [-0.4, -0.2) is 40.5 Å². The van der Waals surface area contributed by atoms with Crippen LogP contribution in [0.5, 0.6) is 11.5 Å². The first-order valence-corrected chi connectivity index (χ1v) is 9.35. The standard InChI is InChI=1S/C17H14ClF3N4O3S/c1-27-11-4-10(5-12(6-11)28-2)22-14(26)8-29-16-24-23-15-13(18)3-9(7-25(15)16)17(19,20)21/h3-7H,8H2,1-2H3,(H,22,26). The molecule has 0 fully saturated rings. The Morgan fingerprint density at radius 3 is 2.41 bits per heavy atom. The number of hydrogen-bond donors (Lipinski definition) is 1. The fourth-order valence-electron chi connectivity index (χ4n) is 2.39. The molecule has 0 bridgehead atoms. The minimum atomic E-state index is -4.58. The molecule has 0 unspecified atom stereocenters. The highest BCUT2D eigenvalue weighted by molar-refractivity contribution is 7.99. The lowest BCUT2D eigenvalue weighted by molar-refractivity contribution is -0.137. The van der Waals surface area contributed by atoms with Crippen molar-refractivity contribution in [3.05, 3.63) is 41.0 Å². The van der Waals surface area contributed by atoms with Crippen LogP contribution < -0.4 is 14.8 Å². The number of benzene rings is 1. The molecule has 0 aliphatic heterocycles. The lowest BCUT2D eigenvalue weighted by Crippen LogP contribution is -2.14. The molecule has 0 spiro atoms. The van der Waals surface area contributed by atoms with Gasteiger partial charge in [0.15, 0.2) is 10.8 Å². The smallest absolute Gasteiger partial charge is 0.417 e. The van der Waals surface area contributed by atoms with Gasteiger partial charge in [0.1, 0.15) is 11.5 Å². The van der Waals surface area contributed by atoms with Crippen molar-refractivity contribution < 1.29 is 27.4 Å². The van der Waals surface area contributed by atoms with E-state index in [0.717, 1.165) is 28.4 Å². The van der Waals surface area contributed by atoms with Gasteiger partial charge >= 0.3 is 6.18 Å². The fraction of sp³-hybridized carbons (Fsp3) is 0.235. The summed E-state index contributed by atoms with van der Waals surface area (Å²) >= 11 is 6.79. The van der Waals surface area contributed by atoms with E-state index in [0.29, 0.717) is 17.2 Å². The predicted octanol–water partition coefficient (Wildman–Crippen LogP) is 4.15. The van der Waals surface area contributed by atoms with E-state index in [1.54, 1.807) is 18.2 Å². The quantitative estimate of drug-likeness (QED) is 0.573. The average Bonchev–Trinajstić information content (AvgIpc) is 3.09. The number of pyridine rings is 1. The maximum Gasteiger partial charge on any atom is 0.417 e. The molecule has 2 aromatic heterocycles. The molecule has 12 heteroatoms. The van der Waals surface area contributed by atoms with Crippen molar-refractivity contribution >= 4 is 40.6 Å². The monoisotopic (exact) mass is 446 g/mol. The van der Waals surface area contributed by atoms with E-state index >= 15 is 0 Å². The average molecular weight is 447 g/mol. The van der Waals surface area contributed by atoms with Gasteiger partial charge in [-0.3, -0.25) is 9.20 Å². The van der Waals surface area contributed by atoms with Gasteiger partial charge < -0.3 is 14.8 Å². The number of aromatic nitrogens is 3. The van der Waals surface area contributed by atoms with Gasteiger partial charge in [0.25, 0.3) is 0 Å². The van der Waals surface area contributed by atoms with Crippen LogP contribution in [0.3, 0.4) is 0 Å². The lowest BCUT2D eigenvalue weighted by Gasteiger charge is -2.10. The Morgan fingerprint density at radius 1 is 1.17 bits per heavy atom. The molecule has 3 aromatic rings. The van der Waals surface area contributed by atoms with Crippen LogP contribution in [0.25, 0.3) is 5.65 Å². The summed E-state index contributed by atoms with van der Waals surface area (Å²) in [6.07, 6.45) is -3.73. The summed E-state index contributed by atoms with van der Waals surface area (Å²) in [6, 6.07) is 5.64. The highest BCUT2D eigenvalue weighted by Crippen LogP contribution is 2.33. The molecule has 0 radical (unpaired) electrons. The van der Waals surface area contributed by atoms with Crippen LogP contribution in [0.15, 0.2) is 35.6 Å². The summed E-state index contributed by atoms with van der Waals surface area (Å²) in [7, 11) is 2.96. The second-order valence-corrected chi connectivity index (χ2v) is 7.04. The highest BCUT2D eigenvalue weighted by Gasteiger charge is 2.32. The molecule has 0 aliphatic rings. The van der Waals surface area contributed by atoms with E-state index in [1.165, 1.54) is 14.2 Å². The Labute approximate surface area is 172 Å². The van der Waals surface area contributed by atoms with Crippen molar-refractivity contribution in [1.29, 1.82) is 0 Å². The number of nitrogens with zero attached hydrogens (tertiary/aromatic N) is 3. The Bertz CT molecular complexity index is 1040. The van der Waals surface area contributed by atoms with Crippen molar-refractivity contribution in [2.75, 3.05) is 25.3 Å². The molecule has 0 atom stereocenters. The number of thioether (sulfide) groups is 1. The molecule has 7 nitrogen and oxygen atoms in total. The minimum absolute atomic E-state index is 0.0695. The van der Waals surface area contributed by atoms with Crippen LogP contribution in [-0.2, 0) is 11.0 Å². The molecule has 1 aromatic carbocycles. The molecular weight excluding hydrogens is 433 g/mol. The van der Waals surface area contributed by atoms with E-state index in [2.05, 4.69) is 15.5 Å². The number of halogens is 4. The zero-order valence-electron chi connectivity index (χ0n) is 15.1. The Balaban J connectivity index is 1.75. The van der Waals surface area contributed by atoms with Crippen LogP contribution in [0.2, 0.25) is 5.02 Å². The number of ether oxygens (including phenoxy) is 2. The van der Waals surface area contributed by atoms with Gasteiger partial charge in [-0.05, 0) is 6.07 Å². The van der Waals surface area contributed by atoms with Crippen molar-refractivity contribution in [3.63, 3.8) is 0 Å². The van der Waals surface area contributed by atoms with Crippen molar-refractivity contribution in [2.24, 2.45) is 0 Å². The summed E-state index contributed by atoms with van der Waals surface area (Å²) in [6.45, 7) is 0. The summed E-state index contributed by atoms with van der Waals surface area (Å²) in [5.74, 6) is 0.462. The van der Waals surface area contributed by atoms with Crippen molar-refractivity contribution in [2.45, 2.75) is 11.3 Å². The van der Waals surface area contributed by atoms with Gasteiger partial charge in [0.05, 0.1) is 30.6 Å². The summed E-state index contributed by atoms with van der Waals surface area (Å²) < 4.78 is 50.4. The third kappa shape index (κ3) is 4.85.